The monoisotopic (exact) mass is 237 g/mol. The van der Waals surface area contributed by atoms with Gasteiger partial charge in [0, 0.05) is 12.0 Å². The summed E-state index contributed by atoms with van der Waals surface area (Å²) < 4.78 is 5.44. The molecular formula is C13H19NO3. The number of hydrogen-bond donors (Lipinski definition) is 1. The van der Waals surface area contributed by atoms with Gasteiger partial charge in [-0.1, -0.05) is 19.9 Å². The molecule has 0 aromatic carbocycles. The highest BCUT2D eigenvalue weighted by molar-refractivity contribution is 5.96. The van der Waals surface area contributed by atoms with Crippen LogP contribution in [0.3, 0.4) is 0 Å². The molecule has 0 spiro atoms. The third kappa shape index (κ3) is 1.18. The Bertz CT molecular complexity index is 401. The average Bonchev–Trinajstić information content (AvgIpc) is 2.56. The maximum Gasteiger partial charge on any atom is 0.313 e. The van der Waals surface area contributed by atoms with Crippen molar-refractivity contribution < 1.29 is 14.3 Å². The third-order valence-electron chi connectivity index (χ3n) is 4.86. The maximum absolute atomic E-state index is 12.3. The molecule has 2 bridgehead atoms. The summed E-state index contributed by atoms with van der Waals surface area (Å²) in [5, 5.41) is 2.75. The van der Waals surface area contributed by atoms with Gasteiger partial charge in [-0.05, 0) is 19.8 Å². The van der Waals surface area contributed by atoms with Gasteiger partial charge in [-0.3, -0.25) is 9.59 Å². The molecule has 0 radical (unpaired) electrons. The summed E-state index contributed by atoms with van der Waals surface area (Å²) in [5.74, 6) is -0.445. The number of nitrogens with one attached hydrogen (secondary N) is 1. The molecule has 2 atom stereocenters. The smallest absolute Gasteiger partial charge is 0.313 e. The predicted octanol–water partition coefficient (Wildman–Crippen LogP) is 1.41. The first-order chi connectivity index (χ1) is 7.82. The van der Waals surface area contributed by atoms with Crippen molar-refractivity contribution in [3.8, 4) is 0 Å². The van der Waals surface area contributed by atoms with Crippen molar-refractivity contribution in [1.82, 2.24) is 5.32 Å². The zero-order valence-electron chi connectivity index (χ0n) is 10.6. The fourth-order valence-corrected chi connectivity index (χ4v) is 3.05. The topological polar surface area (TPSA) is 55.4 Å². The Morgan fingerprint density at radius 3 is 2.53 bits per heavy atom. The minimum absolute atomic E-state index is 0.197. The summed E-state index contributed by atoms with van der Waals surface area (Å²) in [4.78, 5) is 24.2. The van der Waals surface area contributed by atoms with E-state index >= 15 is 0 Å². The van der Waals surface area contributed by atoms with E-state index in [1.807, 2.05) is 20.8 Å². The van der Waals surface area contributed by atoms with Gasteiger partial charge in [-0.2, -0.15) is 0 Å². The lowest BCUT2D eigenvalue weighted by molar-refractivity contribution is -0.168. The Kier molecular flexibility index (Phi) is 2.39. The standard InChI is InChI=1S/C13H19NO3/c1-5-8-14-9(15)13-7-6-12(4,10(16)17-13)11(13,2)3/h5H,1,6-8H2,2-4H3,(H,14,15)/t12-,13+/m1/s1. The lowest BCUT2D eigenvalue weighted by Gasteiger charge is -2.35. The summed E-state index contributed by atoms with van der Waals surface area (Å²) in [6.07, 6.45) is 2.93. The van der Waals surface area contributed by atoms with Gasteiger partial charge < -0.3 is 10.1 Å². The van der Waals surface area contributed by atoms with Crippen molar-refractivity contribution in [2.45, 2.75) is 39.2 Å². The van der Waals surface area contributed by atoms with Crippen molar-refractivity contribution in [1.29, 1.82) is 0 Å². The lowest BCUT2D eigenvalue weighted by atomic mass is 9.66. The second-order valence-corrected chi connectivity index (χ2v) is 5.67. The molecular weight excluding hydrogens is 218 g/mol. The molecule has 1 aliphatic carbocycles. The number of ether oxygens (including phenoxy) is 1. The molecule has 1 amide bonds. The second-order valence-electron chi connectivity index (χ2n) is 5.67. The summed E-state index contributed by atoms with van der Waals surface area (Å²) in [6, 6.07) is 0. The van der Waals surface area contributed by atoms with Crippen LogP contribution < -0.4 is 5.32 Å². The van der Waals surface area contributed by atoms with E-state index in [2.05, 4.69) is 11.9 Å². The first-order valence-electron chi connectivity index (χ1n) is 5.94. The number of fused-ring (bicyclic) bond motifs is 2. The fraction of sp³-hybridized carbons (Fsp3) is 0.692. The van der Waals surface area contributed by atoms with E-state index in [4.69, 9.17) is 4.74 Å². The van der Waals surface area contributed by atoms with E-state index in [1.165, 1.54) is 0 Å². The Morgan fingerprint density at radius 1 is 1.47 bits per heavy atom. The van der Waals surface area contributed by atoms with Crippen LogP contribution in [-0.4, -0.2) is 24.0 Å². The molecule has 0 unspecified atom stereocenters. The molecule has 2 aliphatic rings. The second kappa shape index (κ2) is 3.34. The number of carbonyl (C=O) groups is 2. The van der Waals surface area contributed by atoms with Crippen LogP contribution in [0, 0.1) is 10.8 Å². The SMILES string of the molecule is C=CCNC(=O)[C@]12CC[C@](C)(C(=O)O1)C2(C)C. The molecule has 4 nitrogen and oxygen atoms in total. The Morgan fingerprint density at radius 2 is 2.12 bits per heavy atom. The summed E-state index contributed by atoms with van der Waals surface area (Å²) >= 11 is 0. The van der Waals surface area contributed by atoms with Crippen molar-refractivity contribution >= 4 is 11.9 Å². The number of carbonyl (C=O) groups excluding carboxylic acids is 2. The van der Waals surface area contributed by atoms with E-state index in [0.717, 1.165) is 0 Å². The maximum atomic E-state index is 12.3. The minimum Gasteiger partial charge on any atom is -0.448 e. The molecule has 94 valence electrons. The molecule has 4 heteroatoms. The molecule has 2 fully saturated rings. The van der Waals surface area contributed by atoms with Crippen LogP contribution in [-0.2, 0) is 14.3 Å². The van der Waals surface area contributed by atoms with Crippen LogP contribution in [0.4, 0.5) is 0 Å². The van der Waals surface area contributed by atoms with Gasteiger partial charge in [0.25, 0.3) is 5.91 Å². The molecule has 0 aromatic heterocycles. The molecule has 0 aromatic rings. The van der Waals surface area contributed by atoms with Crippen molar-refractivity contribution in [2.24, 2.45) is 10.8 Å². The zero-order valence-corrected chi connectivity index (χ0v) is 10.6. The first kappa shape index (κ1) is 12.1. The molecule has 17 heavy (non-hydrogen) atoms. The summed E-state index contributed by atoms with van der Waals surface area (Å²) in [7, 11) is 0. The van der Waals surface area contributed by atoms with Crippen LogP contribution in [0.2, 0.25) is 0 Å². The third-order valence-corrected chi connectivity index (χ3v) is 4.86. The average molecular weight is 237 g/mol. The van der Waals surface area contributed by atoms with Crippen molar-refractivity contribution in [2.75, 3.05) is 6.54 Å². The quantitative estimate of drug-likeness (QED) is 0.596. The van der Waals surface area contributed by atoms with Gasteiger partial charge >= 0.3 is 5.97 Å². The van der Waals surface area contributed by atoms with Gasteiger partial charge in [0.15, 0.2) is 5.60 Å². The Balaban J connectivity index is 2.36. The highest BCUT2D eigenvalue weighted by Crippen LogP contribution is 2.65. The highest BCUT2D eigenvalue weighted by Gasteiger charge is 2.75. The number of hydrogen-bond acceptors (Lipinski definition) is 3. The van der Waals surface area contributed by atoms with E-state index in [-0.39, 0.29) is 11.9 Å². The molecule has 1 aliphatic heterocycles. The Hall–Kier alpha value is -1.32. The van der Waals surface area contributed by atoms with Crippen LogP contribution in [0.5, 0.6) is 0 Å². The van der Waals surface area contributed by atoms with E-state index in [1.54, 1.807) is 6.08 Å². The van der Waals surface area contributed by atoms with E-state index < -0.39 is 16.4 Å². The Labute approximate surface area is 101 Å². The molecule has 1 saturated carbocycles. The molecule has 1 heterocycles. The molecule has 1 saturated heterocycles. The van der Waals surface area contributed by atoms with E-state index in [0.29, 0.717) is 19.4 Å². The van der Waals surface area contributed by atoms with E-state index in [9.17, 15) is 9.59 Å². The number of esters is 1. The number of amides is 1. The van der Waals surface area contributed by atoms with Crippen LogP contribution in [0.25, 0.3) is 0 Å². The highest BCUT2D eigenvalue weighted by atomic mass is 16.6. The normalized spacial score (nSPS) is 37.7. The van der Waals surface area contributed by atoms with Gasteiger partial charge in [-0.15, -0.1) is 6.58 Å². The zero-order chi connectivity index (χ0) is 12.9. The summed E-state index contributed by atoms with van der Waals surface area (Å²) in [5.41, 5.74) is -2.01. The van der Waals surface area contributed by atoms with Gasteiger partial charge in [0.2, 0.25) is 0 Å². The van der Waals surface area contributed by atoms with Gasteiger partial charge in [0.05, 0.1) is 5.41 Å². The largest absolute Gasteiger partial charge is 0.448 e. The van der Waals surface area contributed by atoms with Crippen LogP contribution in [0.1, 0.15) is 33.6 Å². The fourth-order valence-electron chi connectivity index (χ4n) is 3.05. The van der Waals surface area contributed by atoms with Crippen LogP contribution >= 0.6 is 0 Å². The molecule has 2 rings (SSSR count). The summed E-state index contributed by atoms with van der Waals surface area (Å²) in [6.45, 7) is 9.73. The molecule has 1 N–H and O–H groups in total. The first-order valence-corrected chi connectivity index (χ1v) is 5.94. The number of rotatable bonds is 3. The van der Waals surface area contributed by atoms with Crippen molar-refractivity contribution in [3.63, 3.8) is 0 Å². The van der Waals surface area contributed by atoms with Gasteiger partial charge in [0.1, 0.15) is 0 Å². The van der Waals surface area contributed by atoms with Gasteiger partial charge in [-0.25, -0.2) is 0 Å². The minimum atomic E-state index is -0.998. The predicted molar refractivity (Wildman–Crippen MR) is 63.2 cm³/mol. The lowest BCUT2D eigenvalue weighted by Crippen LogP contribution is -2.53. The van der Waals surface area contributed by atoms with Crippen LogP contribution in [0.15, 0.2) is 12.7 Å². The van der Waals surface area contributed by atoms with Crippen molar-refractivity contribution in [3.05, 3.63) is 12.7 Å².